The van der Waals surface area contributed by atoms with E-state index in [0.29, 0.717) is 0 Å². The van der Waals surface area contributed by atoms with Gasteiger partial charge in [0.2, 0.25) is 0 Å². The average Bonchev–Trinajstić information content (AvgIpc) is 2.53. The number of pyridine rings is 1. The highest BCUT2D eigenvalue weighted by atomic mass is 15.2. The minimum Gasteiger partial charge on any atom is -0.317 e. The topological polar surface area (TPSA) is 43.6 Å². The van der Waals surface area contributed by atoms with E-state index in [9.17, 15) is 0 Å². The van der Waals surface area contributed by atoms with Crippen LogP contribution in [0, 0.1) is 0 Å². The van der Waals surface area contributed by atoms with E-state index in [1.807, 2.05) is 23.7 Å². The molecular formula is C8H8N4. The maximum absolute atomic E-state index is 4.00. The van der Waals surface area contributed by atoms with Crippen LogP contribution in [0.1, 0.15) is 0 Å². The molecule has 0 amide bonds. The van der Waals surface area contributed by atoms with E-state index >= 15 is 0 Å². The van der Waals surface area contributed by atoms with Crippen LogP contribution in [0.15, 0.2) is 30.9 Å². The maximum Gasteiger partial charge on any atom is 0.165 e. The molecule has 0 spiro atoms. The van der Waals surface area contributed by atoms with Crippen molar-refractivity contribution in [1.29, 1.82) is 0 Å². The Morgan fingerprint density at radius 1 is 1.42 bits per heavy atom. The second-order valence-corrected chi connectivity index (χ2v) is 2.51. The molecule has 0 unspecified atom stereocenters. The van der Waals surface area contributed by atoms with E-state index in [1.165, 1.54) is 0 Å². The molecule has 60 valence electrons. The number of hydrogen-bond donors (Lipinski definition) is 0. The second kappa shape index (κ2) is 2.73. The van der Waals surface area contributed by atoms with Crippen LogP contribution in [0.25, 0.3) is 11.4 Å². The van der Waals surface area contributed by atoms with Crippen molar-refractivity contribution in [3.05, 3.63) is 30.9 Å². The third-order valence-corrected chi connectivity index (χ3v) is 1.63. The van der Waals surface area contributed by atoms with Gasteiger partial charge in [-0.1, -0.05) is 0 Å². The Morgan fingerprint density at radius 2 is 2.33 bits per heavy atom. The van der Waals surface area contributed by atoms with Crippen LogP contribution in [0.5, 0.6) is 0 Å². The van der Waals surface area contributed by atoms with Crippen molar-refractivity contribution in [1.82, 2.24) is 19.7 Å². The molecular weight excluding hydrogens is 152 g/mol. The van der Waals surface area contributed by atoms with Gasteiger partial charge in [0, 0.05) is 25.0 Å². The second-order valence-electron chi connectivity index (χ2n) is 2.51. The Labute approximate surface area is 69.9 Å². The summed E-state index contributed by atoms with van der Waals surface area (Å²) in [6.45, 7) is 0. The van der Waals surface area contributed by atoms with Crippen molar-refractivity contribution >= 4 is 0 Å². The van der Waals surface area contributed by atoms with Crippen LogP contribution in [-0.4, -0.2) is 19.7 Å². The lowest BCUT2D eigenvalue weighted by atomic mass is 10.3. The van der Waals surface area contributed by atoms with Crippen molar-refractivity contribution in [2.24, 2.45) is 7.05 Å². The zero-order chi connectivity index (χ0) is 8.39. The summed E-state index contributed by atoms with van der Waals surface area (Å²) in [7, 11) is 1.91. The van der Waals surface area contributed by atoms with Gasteiger partial charge in [0.05, 0.1) is 0 Å². The Hall–Kier alpha value is -1.71. The molecule has 0 aromatic carbocycles. The predicted molar refractivity (Wildman–Crippen MR) is 44.2 cm³/mol. The first-order valence-corrected chi connectivity index (χ1v) is 3.62. The minimum atomic E-state index is 0.836. The van der Waals surface area contributed by atoms with Gasteiger partial charge in [0.15, 0.2) is 5.82 Å². The van der Waals surface area contributed by atoms with Crippen molar-refractivity contribution < 1.29 is 0 Å². The van der Waals surface area contributed by atoms with Gasteiger partial charge in [0.1, 0.15) is 6.33 Å². The lowest BCUT2D eigenvalue weighted by Gasteiger charge is -1.97. The van der Waals surface area contributed by atoms with Crippen molar-refractivity contribution in [3.63, 3.8) is 0 Å². The zero-order valence-electron chi connectivity index (χ0n) is 6.68. The molecule has 12 heavy (non-hydrogen) atoms. The summed E-state index contributed by atoms with van der Waals surface area (Å²) in [5.41, 5.74) is 0.984. The van der Waals surface area contributed by atoms with Gasteiger partial charge in [0.25, 0.3) is 0 Å². The van der Waals surface area contributed by atoms with E-state index in [4.69, 9.17) is 0 Å². The normalized spacial score (nSPS) is 10.1. The van der Waals surface area contributed by atoms with Crippen LogP contribution in [-0.2, 0) is 7.05 Å². The Bertz CT molecular complexity index is 366. The fraction of sp³-hybridized carbons (Fsp3) is 0.125. The van der Waals surface area contributed by atoms with Gasteiger partial charge in [-0.15, -0.1) is 10.2 Å². The average molecular weight is 160 g/mol. The first kappa shape index (κ1) is 6.97. The van der Waals surface area contributed by atoms with Gasteiger partial charge in [-0.25, -0.2) is 0 Å². The summed E-state index contributed by atoms with van der Waals surface area (Å²) >= 11 is 0. The molecule has 0 aliphatic carbocycles. The highest BCUT2D eigenvalue weighted by Gasteiger charge is 2.01. The Morgan fingerprint density at radius 3 is 2.92 bits per heavy atom. The van der Waals surface area contributed by atoms with Crippen molar-refractivity contribution in [2.45, 2.75) is 0 Å². The maximum atomic E-state index is 4.00. The lowest BCUT2D eigenvalue weighted by Crippen LogP contribution is -1.90. The number of aromatic nitrogens is 4. The molecule has 0 saturated carbocycles. The quantitative estimate of drug-likeness (QED) is 0.622. The van der Waals surface area contributed by atoms with E-state index in [0.717, 1.165) is 11.4 Å². The molecule has 2 aromatic heterocycles. The molecule has 2 rings (SSSR count). The molecule has 0 aliphatic heterocycles. The molecule has 0 N–H and O–H groups in total. The predicted octanol–water partition coefficient (Wildman–Crippen LogP) is 0.877. The first-order chi connectivity index (χ1) is 5.88. The van der Waals surface area contributed by atoms with Gasteiger partial charge in [-0.2, -0.15) is 0 Å². The molecule has 0 saturated heterocycles. The van der Waals surface area contributed by atoms with E-state index in [-0.39, 0.29) is 0 Å². The first-order valence-electron chi connectivity index (χ1n) is 3.62. The molecule has 0 radical (unpaired) electrons. The SMILES string of the molecule is Cn1cnnc1-c1cccnc1. The van der Waals surface area contributed by atoms with Crippen LogP contribution in [0.4, 0.5) is 0 Å². The standard InChI is InChI=1S/C8H8N4/c1-12-6-10-11-8(12)7-3-2-4-9-5-7/h2-6H,1H3. The summed E-state index contributed by atoms with van der Waals surface area (Å²) in [5, 5.41) is 7.74. The van der Waals surface area contributed by atoms with Crippen molar-refractivity contribution in [2.75, 3.05) is 0 Å². The highest BCUT2D eigenvalue weighted by molar-refractivity contribution is 5.52. The number of hydrogen-bond acceptors (Lipinski definition) is 3. The van der Waals surface area contributed by atoms with E-state index in [2.05, 4.69) is 15.2 Å². The van der Waals surface area contributed by atoms with E-state index in [1.54, 1.807) is 18.7 Å². The smallest absolute Gasteiger partial charge is 0.165 e. The van der Waals surface area contributed by atoms with Crippen LogP contribution >= 0.6 is 0 Å². The zero-order valence-corrected chi connectivity index (χ0v) is 6.68. The number of aryl methyl sites for hydroxylation is 1. The highest BCUT2D eigenvalue weighted by Crippen LogP contribution is 2.12. The van der Waals surface area contributed by atoms with Gasteiger partial charge in [-0.05, 0) is 12.1 Å². The third kappa shape index (κ3) is 1.07. The molecule has 0 atom stereocenters. The third-order valence-electron chi connectivity index (χ3n) is 1.63. The fourth-order valence-electron chi connectivity index (χ4n) is 1.04. The fourth-order valence-corrected chi connectivity index (χ4v) is 1.04. The Kier molecular flexibility index (Phi) is 1.59. The molecule has 4 nitrogen and oxygen atoms in total. The van der Waals surface area contributed by atoms with Crippen LogP contribution < -0.4 is 0 Å². The van der Waals surface area contributed by atoms with Gasteiger partial charge in [-0.3, -0.25) is 4.98 Å². The molecule has 0 aliphatic rings. The molecule has 2 heterocycles. The summed E-state index contributed by atoms with van der Waals surface area (Å²) in [6.07, 6.45) is 5.17. The summed E-state index contributed by atoms with van der Waals surface area (Å²) in [4.78, 5) is 4.00. The van der Waals surface area contributed by atoms with E-state index < -0.39 is 0 Å². The summed E-state index contributed by atoms with van der Waals surface area (Å²) in [6, 6.07) is 3.83. The van der Waals surface area contributed by atoms with Crippen LogP contribution in [0.3, 0.4) is 0 Å². The van der Waals surface area contributed by atoms with Crippen LogP contribution in [0.2, 0.25) is 0 Å². The molecule has 0 fully saturated rings. The Balaban J connectivity index is 2.51. The number of rotatable bonds is 1. The molecule has 4 heteroatoms. The minimum absolute atomic E-state index is 0.836. The lowest BCUT2D eigenvalue weighted by molar-refractivity contribution is 0.918. The largest absolute Gasteiger partial charge is 0.317 e. The molecule has 2 aromatic rings. The summed E-state index contributed by atoms with van der Waals surface area (Å²) in [5.74, 6) is 0.836. The number of nitrogens with zero attached hydrogens (tertiary/aromatic N) is 4. The van der Waals surface area contributed by atoms with Crippen molar-refractivity contribution in [3.8, 4) is 11.4 Å². The summed E-state index contributed by atoms with van der Waals surface area (Å²) < 4.78 is 1.86. The van der Waals surface area contributed by atoms with Gasteiger partial charge >= 0.3 is 0 Å². The molecule has 0 bridgehead atoms. The van der Waals surface area contributed by atoms with Gasteiger partial charge < -0.3 is 4.57 Å². The monoisotopic (exact) mass is 160 g/mol.